The van der Waals surface area contributed by atoms with Crippen molar-refractivity contribution in [3.63, 3.8) is 0 Å². The van der Waals surface area contributed by atoms with Crippen molar-refractivity contribution in [2.45, 2.75) is 19.8 Å². The lowest BCUT2D eigenvalue weighted by atomic mass is 10.1. The standard InChI is InChI=1S/C19H17ClN2O3/c1-2-12-5-3-4-6-16(12)21-17(23)9-10-22-18(24)14-8-7-13(20)11-15(14)19(22)25/h3-8,11H,2,9-10H2,1H3,(H,21,23). The SMILES string of the molecule is CCc1ccccc1NC(=O)CCN1C(=O)c2ccc(Cl)cc2C1=O. The van der Waals surface area contributed by atoms with E-state index >= 15 is 0 Å². The highest BCUT2D eigenvalue weighted by Gasteiger charge is 2.35. The number of anilines is 1. The molecule has 25 heavy (non-hydrogen) atoms. The lowest BCUT2D eigenvalue weighted by Crippen LogP contribution is -2.33. The molecule has 0 aliphatic carbocycles. The normalized spacial score (nSPS) is 13.1. The number of para-hydroxylation sites is 1. The molecule has 1 N–H and O–H groups in total. The van der Waals surface area contributed by atoms with Crippen molar-refractivity contribution in [3.8, 4) is 0 Å². The maximum absolute atomic E-state index is 12.3. The number of imide groups is 1. The van der Waals surface area contributed by atoms with Crippen LogP contribution in [-0.2, 0) is 11.2 Å². The Labute approximate surface area is 150 Å². The summed E-state index contributed by atoms with van der Waals surface area (Å²) in [5, 5.41) is 3.23. The molecule has 0 aromatic heterocycles. The number of carbonyl (C=O) groups excluding carboxylic acids is 3. The fourth-order valence-corrected chi connectivity index (χ4v) is 3.01. The molecule has 128 valence electrons. The lowest BCUT2D eigenvalue weighted by molar-refractivity contribution is -0.116. The molecule has 0 fully saturated rings. The van der Waals surface area contributed by atoms with Crippen molar-refractivity contribution in [1.29, 1.82) is 0 Å². The van der Waals surface area contributed by atoms with Gasteiger partial charge in [-0.15, -0.1) is 0 Å². The van der Waals surface area contributed by atoms with Gasteiger partial charge in [0.1, 0.15) is 0 Å². The van der Waals surface area contributed by atoms with Crippen molar-refractivity contribution in [2.75, 3.05) is 11.9 Å². The van der Waals surface area contributed by atoms with Gasteiger partial charge in [-0.05, 0) is 36.2 Å². The molecule has 0 bridgehead atoms. The van der Waals surface area contributed by atoms with E-state index in [4.69, 9.17) is 11.6 Å². The number of halogens is 1. The number of nitrogens with zero attached hydrogens (tertiary/aromatic N) is 1. The monoisotopic (exact) mass is 356 g/mol. The summed E-state index contributed by atoms with van der Waals surface area (Å²) in [5.74, 6) is -1.04. The van der Waals surface area contributed by atoms with Gasteiger partial charge in [0.15, 0.2) is 0 Å². The van der Waals surface area contributed by atoms with E-state index in [-0.39, 0.29) is 24.4 Å². The van der Waals surface area contributed by atoms with E-state index in [2.05, 4.69) is 5.32 Å². The lowest BCUT2D eigenvalue weighted by Gasteiger charge is -2.14. The molecule has 1 aliphatic heterocycles. The number of nitrogens with one attached hydrogen (secondary N) is 1. The van der Waals surface area contributed by atoms with Crippen molar-refractivity contribution < 1.29 is 14.4 Å². The Bertz CT molecular complexity index is 863. The van der Waals surface area contributed by atoms with E-state index in [0.717, 1.165) is 22.6 Å². The van der Waals surface area contributed by atoms with Crippen LogP contribution in [0.15, 0.2) is 42.5 Å². The summed E-state index contributed by atoms with van der Waals surface area (Å²) in [6.07, 6.45) is 0.840. The molecule has 2 aromatic carbocycles. The molecule has 0 saturated heterocycles. The number of rotatable bonds is 5. The average Bonchev–Trinajstić information content (AvgIpc) is 2.84. The highest BCUT2D eigenvalue weighted by Crippen LogP contribution is 2.26. The Morgan fingerprint density at radius 1 is 1.08 bits per heavy atom. The van der Waals surface area contributed by atoms with Gasteiger partial charge in [-0.25, -0.2) is 0 Å². The van der Waals surface area contributed by atoms with Gasteiger partial charge in [0, 0.05) is 23.7 Å². The second-order valence-electron chi connectivity index (χ2n) is 5.76. The van der Waals surface area contributed by atoms with Gasteiger partial charge in [-0.2, -0.15) is 0 Å². The van der Waals surface area contributed by atoms with Crippen LogP contribution in [0.3, 0.4) is 0 Å². The van der Waals surface area contributed by atoms with Crippen LogP contribution in [0.25, 0.3) is 0 Å². The Morgan fingerprint density at radius 3 is 2.56 bits per heavy atom. The Balaban J connectivity index is 1.65. The number of benzene rings is 2. The molecule has 0 spiro atoms. The van der Waals surface area contributed by atoms with Gasteiger partial charge in [0.25, 0.3) is 11.8 Å². The van der Waals surface area contributed by atoms with Crippen LogP contribution >= 0.6 is 11.6 Å². The Kier molecular flexibility index (Phi) is 4.86. The fourth-order valence-electron chi connectivity index (χ4n) is 2.84. The number of fused-ring (bicyclic) bond motifs is 1. The van der Waals surface area contributed by atoms with Crippen LogP contribution in [0.5, 0.6) is 0 Å². The van der Waals surface area contributed by atoms with Crippen LogP contribution in [0.4, 0.5) is 5.69 Å². The smallest absolute Gasteiger partial charge is 0.261 e. The zero-order chi connectivity index (χ0) is 18.0. The first-order chi connectivity index (χ1) is 12.0. The third kappa shape index (κ3) is 3.42. The zero-order valence-electron chi connectivity index (χ0n) is 13.7. The molecule has 0 saturated carbocycles. The van der Waals surface area contributed by atoms with Gasteiger partial charge in [-0.1, -0.05) is 36.7 Å². The third-order valence-electron chi connectivity index (χ3n) is 4.17. The van der Waals surface area contributed by atoms with Crippen LogP contribution < -0.4 is 5.32 Å². The minimum atomic E-state index is -0.413. The maximum Gasteiger partial charge on any atom is 0.261 e. The first kappa shape index (κ1) is 17.2. The zero-order valence-corrected chi connectivity index (χ0v) is 14.5. The van der Waals surface area contributed by atoms with Gasteiger partial charge in [-0.3, -0.25) is 19.3 Å². The fraction of sp³-hybridized carbons (Fsp3) is 0.211. The molecule has 2 aromatic rings. The molecule has 0 atom stereocenters. The first-order valence-electron chi connectivity index (χ1n) is 8.04. The minimum Gasteiger partial charge on any atom is -0.326 e. The molecule has 1 aliphatic rings. The molecule has 0 radical (unpaired) electrons. The molecule has 1 heterocycles. The summed E-state index contributed by atoms with van der Waals surface area (Å²) in [5.41, 5.74) is 2.40. The number of amides is 3. The largest absolute Gasteiger partial charge is 0.326 e. The topological polar surface area (TPSA) is 66.5 Å². The summed E-state index contributed by atoms with van der Waals surface area (Å²) in [7, 11) is 0. The van der Waals surface area contributed by atoms with Crippen molar-refractivity contribution >= 4 is 35.0 Å². The van der Waals surface area contributed by atoms with E-state index in [1.807, 2.05) is 31.2 Å². The Morgan fingerprint density at radius 2 is 1.80 bits per heavy atom. The van der Waals surface area contributed by atoms with Crippen molar-refractivity contribution in [2.24, 2.45) is 0 Å². The Hall–Kier alpha value is -2.66. The second kappa shape index (κ2) is 7.07. The molecule has 0 unspecified atom stereocenters. The van der Waals surface area contributed by atoms with Gasteiger partial charge < -0.3 is 5.32 Å². The second-order valence-corrected chi connectivity index (χ2v) is 6.20. The molecular weight excluding hydrogens is 340 g/mol. The van der Waals surface area contributed by atoms with Gasteiger partial charge in [0.2, 0.25) is 5.91 Å². The number of hydrogen-bond acceptors (Lipinski definition) is 3. The predicted octanol–water partition coefficient (Wildman–Crippen LogP) is 3.53. The van der Waals surface area contributed by atoms with Gasteiger partial charge >= 0.3 is 0 Å². The number of hydrogen-bond donors (Lipinski definition) is 1. The van der Waals surface area contributed by atoms with Crippen LogP contribution in [0.1, 0.15) is 39.6 Å². The predicted molar refractivity (Wildman–Crippen MR) is 95.9 cm³/mol. The maximum atomic E-state index is 12.3. The highest BCUT2D eigenvalue weighted by atomic mass is 35.5. The van der Waals surface area contributed by atoms with E-state index in [0.29, 0.717) is 10.6 Å². The van der Waals surface area contributed by atoms with Crippen LogP contribution in [0.2, 0.25) is 5.02 Å². The van der Waals surface area contributed by atoms with Crippen LogP contribution in [-0.4, -0.2) is 29.2 Å². The average molecular weight is 357 g/mol. The van der Waals surface area contributed by atoms with Crippen molar-refractivity contribution in [3.05, 3.63) is 64.2 Å². The molecule has 6 heteroatoms. The van der Waals surface area contributed by atoms with E-state index < -0.39 is 11.8 Å². The quantitative estimate of drug-likeness (QED) is 0.833. The summed E-state index contributed by atoms with van der Waals surface area (Å²) < 4.78 is 0. The summed E-state index contributed by atoms with van der Waals surface area (Å²) in [6, 6.07) is 12.1. The summed E-state index contributed by atoms with van der Waals surface area (Å²) >= 11 is 5.88. The molecule has 3 rings (SSSR count). The van der Waals surface area contributed by atoms with Gasteiger partial charge in [0.05, 0.1) is 11.1 Å². The summed E-state index contributed by atoms with van der Waals surface area (Å²) in [4.78, 5) is 38.0. The number of aryl methyl sites for hydroxylation is 1. The molecule has 3 amide bonds. The molecular formula is C19H17ClN2O3. The summed E-state index contributed by atoms with van der Waals surface area (Å²) in [6.45, 7) is 2.04. The van der Waals surface area contributed by atoms with E-state index in [9.17, 15) is 14.4 Å². The minimum absolute atomic E-state index is 0.0318. The number of carbonyl (C=O) groups is 3. The highest BCUT2D eigenvalue weighted by molar-refractivity contribution is 6.32. The van der Waals surface area contributed by atoms with E-state index in [1.165, 1.54) is 12.1 Å². The third-order valence-corrected chi connectivity index (χ3v) is 4.40. The van der Waals surface area contributed by atoms with Crippen molar-refractivity contribution in [1.82, 2.24) is 4.90 Å². The first-order valence-corrected chi connectivity index (χ1v) is 8.42. The molecule has 5 nitrogen and oxygen atoms in total. The van der Waals surface area contributed by atoms with Crippen LogP contribution in [0, 0.1) is 0 Å². The van der Waals surface area contributed by atoms with E-state index in [1.54, 1.807) is 6.07 Å².